The third-order valence-corrected chi connectivity index (χ3v) is 4.54. The fraction of sp³-hybridized carbons (Fsp3) is 0.444. The Labute approximate surface area is 175 Å². The summed E-state index contributed by atoms with van der Waals surface area (Å²) < 4.78 is 18.4. The molecule has 1 heterocycles. The van der Waals surface area contributed by atoms with Gasteiger partial charge in [0.1, 0.15) is 16.6 Å². The molecule has 26 heavy (non-hydrogen) atoms. The molecule has 5 nitrogen and oxygen atoms in total. The van der Waals surface area contributed by atoms with E-state index in [9.17, 15) is 4.39 Å². The Morgan fingerprint density at radius 2 is 1.96 bits per heavy atom. The minimum atomic E-state index is -0.258. The van der Waals surface area contributed by atoms with Gasteiger partial charge in [-0.3, -0.25) is 0 Å². The summed E-state index contributed by atoms with van der Waals surface area (Å²) >= 11 is 1.68. The molecule has 0 bridgehead atoms. The van der Waals surface area contributed by atoms with Gasteiger partial charge in [-0.05, 0) is 51.5 Å². The van der Waals surface area contributed by atoms with Crippen molar-refractivity contribution in [3.63, 3.8) is 0 Å². The summed E-state index contributed by atoms with van der Waals surface area (Å²) in [6, 6.07) is 6.05. The molecule has 8 heteroatoms. The SMILES string of the molecule is CCNC(=NCc1nc(C)c(C)s1)NCCCOc1ccc(F)cc1.I. The molecule has 0 atom stereocenters. The standard InChI is InChI=1S/C18H25FN4OS.HI/c1-4-20-18(22-12-17-23-13(2)14(3)25-17)21-10-5-11-24-16-8-6-15(19)7-9-16;/h6-9H,4-5,10-12H2,1-3H3,(H2,20,21,22);1H. The summed E-state index contributed by atoms with van der Waals surface area (Å²) in [6.07, 6.45) is 0.817. The lowest BCUT2D eigenvalue weighted by Gasteiger charge is -2.11. The van der Waals surface area contributed by atoms with E-state index in [1.807, 2.05) is 13.8 Å². The van der Waals surface area contributed by atoms with Crippen LogP contribution >= 0.6 is 35.3 Å². The first-order chi connectivity index (χ1) is 12.1. The van der Waals surface area contributed by atoms with Gasteiger partial charge in [-0.15, -0.1) is 35.3 Å². The van der Waals surface area contributed by atoms with Crippen LogP contribution in [0.3, 0.4) is 0 Å². The third kappa shape index (κ3) is 7.86. The van der Waals surface area contributed by atoms with E-state index in [0.29, 0.717) is 18.9 Å². The van der Waals surface area contributed by atoms with Crippen molar-refractivity contribution in [2.24, 2.45) is 4.99 Å². The number of nitrogens with zero attached hydrogens (tertiary/aromatic N) is 2. The Balaban J connectivity index is 0.00000338. The Morgan fingerprint density at radius 1 is 1.23 bits per heavy atom. The molecule has 0 saturated carbocycles. The Hall–Kier alpha value is -1.42. The zero-order valence-electron chi connectivity index (χ0n) is 15.3. The van der Waals surface area contributed by atoms with Crippen LogP contribution in [0.2, 0.25) is 0 Å². The monoisotopic (exact) mass is 492 g/mol. The molecule has 0 saturated heterocycles. The van der Waals surface area contributed by atoms with Crippen molar-refractivity contribution >= 4 is 41.3 Å². The number of aromatic nitrogens is 1. The maximum atomic E-state index is 12.8. The first-order valence-electron chi connectivity index (χ1n) is 8.42. The van der Waals surface area contributed by atoms with Crippen LogP contribution in [0.4, 0.5) is 4.39 Å². The number of ether oxygens (including phenoxy) is 1. The number of halogens is 2. The van der Waals surface area contributed by atoms with E-state index in [1.165, 1.54) is 17.0 Å². The first-order valence-corrected chi connectivity index (χ1v) is 9.23. The largest absolute Gasteiger partial charge is 0.494 e. The highest BCUT2D eigenvalue weighted by atomic mass is 127. The number of benzene rings is 1. The van der Waals surface area contributed by atoms with Crippen molar-refractivity contribution in [1.82, 2.24) is 15.6 Å². The van der Waals surface area contributed by atoms with Crippen LogP contribution in [0.15, 0.2) is 29.3 Å². The van der Waals surface area contributed by atoms with Gasteiger partial charge < -0.3 is 15.4 Å². The third-order valence-electron chi connectivity index (χ3n) is 3.49. The molecule has 0 radical (unpaired) electrons. The van der Waals surface area contributed by atoms with Gasteiger partial charge in [0.2, 0.25) is 0 Å². The number of hydrogen-bond acceptors (Lipinski definition) is 4. The molecule has 0 spiro atoms. The average Bonchev–Trinajstić information content (AvgIpc) is 2.92. The first kappa shape index (κ1) is 22.6. The van der Waals surface area contributed by atoms with E-state index in [1.54, 1.807) is 23.5 Å². The summed E-state index contributed by atoms with van der Waals surface area (Å²) in [5, 5.41) is 7.53. The van der Waals surface area contributed by atoms with Gasteiger partial charge >= 0.3 is 0 Å². The van der Waals surface area contributed by atoms with Crippen LogP contribution in [-0.2, 0) is 6.54 Å². The molecule has 2 aromatic rings. The van der Waals surface area contributed by atoms with Gasteiger partial charge in [0.05, 0.1) is 18.8 Å². The smallest absolute Gasteiger partial charge is 0.191 e. The summed E-state index contributed by atoms with van der Waals surface area (Å²) in [5.41, 5.74) is 1.08. The van der Waals surface area contributed by atoms with Gasteiger partial charge in [-0.1, -0.05) is 0 Å². The van der Waals surface area contributed by atoms with E-state index in [2.05, 4.69) is 27.5 Å². The minimum Gasteiger partial charge on any atom is -0.494 e. The highest BCUT2D eigenvalue weighted by Crippen LogP contribution is 2.16. The molecule has 2 rings (SSSR count). The fourth-order valence-corrected chi connectivity index (χ4v) is 2.95. The van der Waals surface area contributed by atoms with Crippen LogP contribution in [-0.4, -0.2) is 30.6 Å². The molecule has 0 aliphatic rings. The molecule has 2 N–H and O–H groups in total. The molecule has 1 aromatic heterocycles. The fourth-order valence-electron chi connectivity index (χ4n) is 2.10. The average molecular weight is 492 g/mol. The number of thiazole rings is 1. The second-order valence-corrected chi connectivity index (χ2v) is 6.81. The quantitative estimate of drug-likeness (QED) is 0.253. The molecule has 1 aromatic carbocycles. The Kier molecular flexibility index (Phi) is 10.5. The molecule has 0 fully saturated rings. The summed E-state index contributed by atoms with van der Waals surface area (Å²) in [7, 11) is 0. The number of aryl methyl sites for hydroxylation is 2. The van der Waals surface area contributed by atoms with Crippen molar-refractivity contribution in [2.45, 2.75) is 33.7 Å². The van der Waals surface area contributed by atoms with Crippen molar-refractivity contribution < 1.29 is 9.13 Å². The van der Waals surface area contributed by atoms with E-state index in [0.717, 1.165) is 36.2 Å². The zero-order chi connectivity index (χ0) is 18.1. The van der Waals surface area contributed by atoms with Crippen molar-refractivity contribution in [2.75, 3.05) is 19.7 Å². The number of rotatable bonds is 8. The Morgan fingerprint density at radius 3 is 2.58 bits per heavy atom. The lowest BCUT2D eigenvalue weighted by molar-refractivity contribution is 0.310. The van der Waals surface area contributed by atoms with Crippen LogP contribution in [0.5, 0.6) is 5.75 Å². The van der Waals surface area contributed by atoms with Crippen LogP contribution in [0.25, 0.3) is 0 Å². The molecule has 0 aliphatic carbocycles. The maximum absolute atomic E-state index is 12.8. The van der Waals surface area contributed by atoms with Gasteiger partial charge in [-0.2, -0.15) is 0 Å². The molecular weight excluding hydrogens is 466 g/mol. The number of hydrogen-bond donors (Lipinski definition) is 2. The van der Waals surface area contributed by atoms with E-state index in [4.69, 9.17) is 4.74 Å². The van der Waals surface area contributed by atoms with E-state index < -0.39 is 0 Å². The summed E-state index contributed by atoms with van der Waals surface area (Å²) in [5.74, 6) is 1.19. The highest BCUT2D eigenvalue weighted by molar-refractivity contribution is 14.0. The lowest BCUT2D eigenvalue weighted by Crippen LogP contribution is -2.38. The number of nitrogens with one attached hydrogen (secondary N) is 2. The van der Waals surface area contributed by atoms with E-state index in [-0.39, 0.29) is 29.8 Å². The Bertz CT molecular complexity index is 671. The zero-order valence-corrected chi connectivity index (χ0v) is 18.5. The molecular formula is C18H26FIN4OS. The van der Waals surface area contributed by atoms with Crippen LogP contribution in [0.1, 0.15) is 28.9 Å². The van der Waals surface area contributed by atoms with Gasteiger partial charge in [0.15, 0.2) is 5.96 Å². The van der Waals surface area contributed by atoms with Crippen LogP contribution < -0.4 is 15.4 Å². The van der Waals surface area contributed by atoms with Crippen LogP contribution in [0, 0.1) is 19.7 Å². The molecule has 0 unspecified atom stereocenters. The lowest BCUT2D eigenvalue weighted by atomic mass is 10.3. The topological polar surface area (TPSA) is 58.5 Å². The number of guanidine groups is 1. The maximum Gasteiger partial charge on any atom is 0.191 e. The number of aliphatic imine (C=N–C) groups is 1. The molecule has 0 amide bonds. The normalized spacial score (nSPS) is 11.0. The van der Waals surface area contributed by atoms with E-state index >= 15 is 0 Å². The van der Waals surface area contributed by atoms with Crippen molar-refractivity contribution in [1.29, 1.82) is 0 Å². The predicted octanol–water partition coefficient (Wildman–Crippen LogP) is 4.04. The summed E-state index contributed by atoms with van der Waals surface area (Å²) in [4.78, 5) is 10.3. The van der Waals surface area contributed by atoms with Gasteiger partial charge in [0.25, 0.3) is 0 Å². The van der Waals surface area contributed by atoms with Crippen molar-refractivity contribution in [3.05, 3.63) is 45.7 Å². The molecule has 0 aliphatic heterocycles. The van der Waals surface area contributed by atoms with Crippen molar-refractivity contribution in [3.8, 4) is 5.75 Å². The van der Waals surface area contributed by atoms with Gasteiger partial charge in [0, 0.05) is 18.0 Å². The second-order valence-electron chi connectivity index (χ2n) is 5.53. The minimum absolute atomic E-state index is 0. The summed E-state index contributed by atoms with van der Waals surface area (Å²) in [6.45, 7) is 8.79. The predicted molar refractivity (Wildman–Crippen MR) is 116 cm³/mol. The molecule has 144 valence electrons. The second kappa shape index (κ2) is 12.1. The van der Waals surface area contributed by atoms with Gasteiger partial charge in [-0.25, -0.2) is 14.4 Å². The highest BCUT2D eigenvalue weighted by Gasteiger charge is 2.04.